The van der Waals surface area contributed by atoms with Crippen LogP contribution in [-0.4, -0.2) is 0 Å². The van der Waals surface area contributed by atoms with Crippen LogP contribution in [0.1, 0.15) is 97.8 Å². The van der Waals surface area contributed by atoms with Crippen molar-refractivity contribution in [3.63, 3.8) is 0 Å². The highest BCUT2D eigenvalue weighted by Crippen LogP contribution is 2.33. The molecule has 0 bridgehead atoms. The minimum absolute atomic E-state index is 0.981. The van der Waals surface area contributed by atoms with Crippen molar-refractivity contribution in [2.75, 3.05) is 0 Å². The predicted octanol–water partition coefficient (Wildman–Crippen LogP) is 6.59. The summed E-state index contributed by atoms with van der Waals surface area (Å²) in [6.07, 6.45) is 17.7. The Kier molecular flexibility index (Phi) is 8.80. The molecule has 0 aromatic carbocycles. The molecule has 18 heavy (non-hydrogen) atoms. The van der Waals surface area contributed by atoms with Crippen LogP contribution in [0.3, 0.4) is 0 Å². The summed E-state index contributed by atoms with van der Waals surface area (Å²) >= 11 is 0. The number of hydrogen-bond donors (Lipinski definition) is 0. The molecule has 0 heterocycles. The largest absolute Gasteiger partial charge is 0.0654 e. The molecule has 0 heteroatoms. The van der Waals surface area contributed by atoms with E-state index in [-0.39, 0.29) is 0 Å². The Balaban J connectivity index is 1.95. The number of unbranched alkanes of at least 4 members (excludes halogenated alkanes) is 5. The average molecular weight is 252 g/mol. The molecule has 0 aliphatic heterocycles. The second-order valence-electron chi connectivity index (χ2n) is 7.02. The van der Waals surface area contributed by atoms with E-state index in [1.165, 1.54) is 77.0 Å². The standard InChI is InChI=1S/C18H36/c1-4-5-6-7-8-9-10-17(3)15-18-13-11-16(2)12-14-18/h16-18H,4-15H2,1-3H3. The van der Waals surface area contributed by atoms with Crippen LogP contribution < -0.4 is 0 Å². The van der Waals surface area contributed by atoms with Gasteiger partial charge in [-0.25, -0.2) is 0 Å². The Hall–Kier alpha value is 0. The molecule has 0 nitrogen and oxygen atoms in total. The molecule has 0 aromatic rings. The molecule has 108 valence electrons. The Labute approximate surface area is 116 Å². The fraction of sp³-hybridized carbons (Fsp3) is 1.00. The third-order valence-electron chi connectivity index (χ3n) is 4.92. The van der Waals surface area contributed by atoms with Gasteiger partial charge in [-0.1, -0.05) is 91.4 Å². The van der Waals surface area contributed by atoms with E-state index in [9.17, 15) is 0 Å². The van der Waals surface area contributed by atoms with E-state index >= 15 is 0 Å². The highest BCUT2D eigenvalue weighted by molar-refractivity contribution is 4.72. The van der Waals surface area contributed by atoms with Gasteiger partial charge in [0, 0.05) is 0 Å². The van der Waals surface area contributed by atoms with Gasteiger partial charge in [0.05, 0.1) is 0 Å². The minimum Gasteiger partial charge on any atom is -0.0654 e. The lowest BCUT2D eigenvalue weighted by atomic mass is 9.78. The summed E-state index contributed by atoms with van der Waals surface area (Å²) in [6.45, 7) is 7.22. The Morgan fingerprint density at radius 3 is 2.17 bits per heavy atom. The molecule has 1 saturated carbocycles. The summed E-state index contributed by atoms with van der Waals surface area (Å²) in [5.41, 5.74) is 0. The number of hydrogen-bond acceptors (Lipinski definition) is 0. The molecule has 1 rings (SSSR count). The molecule has 0 amide bonds. The van der Waals surface area contributed by atoms with Crippen molar-refractivity contribution < 1.29 is 0 Å². The van der Waals surface area contributed by atoms with Gasteiger partial charge in [-0.15, -0.1) is 0 Å². The first-order chi connectivity index (χ1) is 8.72. The summed E-state index contributed by atoms with van der Waals surface area (Å²) in [6, 6.07) is 0. The Morgan fingerprint density at radius 1 is 0.889 bits per heavy atom. The molecule has 0 spiro atoms. The van der Waals surface area contributed by atoms with E-state index in [0.29, 0.717) is 0 Å². The lowest BCUT2D eigenvalue weighted by Gasteiger charge is -2.28. The monoisotopic (exact) mass is 252 g/mol. The molecule has 1 fully saturated rings. The first kappa shape index (κ1) is 16.1. The third kappa shape index (κ3) is 7.44. The quantitative estimate of drug-likeness (QED) is 0.406. The molecular formula is C18H36. The normalized spacial score (nSPS) is 26.2. The predicted molar refractivity (Wildman–Crippen MR) is 82.9 cm³/mol. The number of rotatable bonds is 9. The Bertz CT molecular complexity index is 176. The topological polar surface area (TPSA) is 0 Å². The van der Waals surface area contributed by atoms with Crippen LogP contribution in [0, 0.1) is 17.8 Å². The van der Waals surface area contributed by atoms with Crippen molar-refractivity contribution in [3.05, 3.63) is 0 Å². The zero-order chi connectivity index (χ0) is 13.2. The molecule has 1 atom stereocenters. The summed E-state index contributed by atoms with van der Waals surface area (Å²) in [7, 11) is 0. The summed E-state index contributed by atoms with van der Waals surface area (Å²) in [5.74, 6) is 3.06. The summed E-state index contributed by atoms with van der Waals surface area (Å²) in [4.78, 5) is 0. The van der Waals surface area contributed by atoms with Gasteiger partial charge in [-0.05, 0) is 24.2 Å². The zero-order valence-corrected chi connectivity index (χ0v) is 13.2. The van der Waals surface area contributed by atoms with E-state index in [1.807, 2.05) is 0 Å². The molecule has 1 aliphatic carbocycles. The van der Waals surface area contributed by atoms with Gasteiger partial charge in [-0.2, -0.15) is 0 Å². The van der Waals surface area contributed by atoms with Gasteiger partial charge in [-0.3, -0.25) is 0 Å². The van der Waals surface area contributed by atoms with E-state index in [0.717, 1.165) is 17.8 Å². The third-order valence-corrected chi connectivity index (χ3v) is 4.92. The second kappa shape index (κ2) is 9.87. The zero-order valence-electron chi connectivity index (χ0n) is 13.2. The van der Waals surface area contributed by atoms with Crippen LogP contribution in [0.15, 0.2) is 0 Å². The van der Waals surface area contributed by atoms with Gasteiger partial charge in [0.2, 0.25) is 0 Å². The van der Waals surface area contributed by atoms with Gasteiger partial charge < -0.3 is 0 Å². The molecule has 0 N–H and O–H groups in total. The summed E-state index contributed by atoms with van der Waals surface area (Å²) in [5, 5.41) is 0. The van der Waals surface area contributed by atoms with Gasteiger partial charge in [0.25, 0.3) is 0 Å². The van der Waals surface area contributed by atoms with Crippen molar-refractivity contribution >= 4 is 0 Å². The molecule has 1 aliphatic rings. The fourth-order valence-corrected chi connectivity index (χ4v) is 3.52. The van der Waals surface area contributed by atoms with Crippen LogP contribution in [0.25, 0.3) is 0 Å². The van der Waals surface area contributed by atoms with Crippen molar-refractivity contribution in [2.24, 2.45) is 17.8 Å². The maximum Gasteiger partial charge on any atom is -0.0412 e. The van der Waals surface area contributed by atoms with Crippen LogP contribution in [-0.2, 0) is 0 Å². The lowest BCUT2D eigenvalue weighted by molar-refractivity contribution is 0.245. The first-order valence-corrected chi connectivity index (χ1v) is 8.72. The van der Waals surface area contributed by atoms with E-state index < -0.39 is 0 Å². The molecule has 0 saturated heterocycles. The van der Waals surface area contributed by atoms with Crippen molar-refractivity contribution in [1.82, 2.24) is 0 Å². The fourth-order valence-electron chi connectivity index (χ4n) is 3.52. The SMILES string of the molecule is CCCCCCCCC(C)CC1CCC(C)CC1. The van der Waals surface area contributed by atoms with Crippen molar-refractivity contribution in [3.8, 4) is 0 Å². The van der Waals surface area contributed by atoms with Crippen molar-refractivity contribution in [2.45, 2.75) is 97.8 Å². The van der Waals surface area contributed by atoms with Gasteiger partial charge >= 0.3 is 0 Å². The molecule has 1 unspecified atom stereocenters. The smallest absolute Gasteiger partial charge is 0.0412 e. The van der Waals surface area contributed by atoms with Crippen molar-refractivity contribution in [1.29, 1.82) is 0 Å². The van der Waals surface area contributed by atoms with E-state index in [2.05, 4.69) is 20.8 Å². The molecule has 0 radical (unpaired) electrons. The van der Waals surface area contributed by atoms with E-state index in [1.54, 1.807) is 0 Å². The van der Waals surface area contributed by atoms with Crippen LogP contribution in [0.5, 0.6) is 0 Å². The van der Waals surface area contributed by atoms with Crippen LogP contribution in [0.2, 0.25) is 0 Å². The molecule has 0 aromatic heterocycles. The maximum atomic E-state index is 2.49. The highest BCUT2D eigenvalue weighted by atomic mass is 14.3. The average Bonchev–Trinajstić information content (AvgIpc) is 2.36. The molecular weight excluding hydrogens is 216 g/mol. The highest BCUT2D eigenvalue weighted by Gasteiger charge is 2.19. The maximum absolute atomic E-state index is 2.49. The minimum atomic E-state index is 0.981. The van der Waals surface area contributed by atoms with Gasteiger partial charge in [0.15, 0.2) is 0 Å². The summed E-state index contributed by atoms with van der Waals surface area (Å²) < 4.78 is 0. The van der Waals surface area contributed by atoms with Crippen LogP contribution in [0.4, 0.5) is 0 Å². The first-order valence-electron chi connectivity index (χ1n) is 8.72. The lowest BCUT2D eigenvalue weighted by Crippen LogP contribution is -2.14. The van der Waals surface area contributed by atoms with E-state index in [4.69, 9.17) is 0 Å². The Morgan fingerprint density at radius 2 is 1.50 bits per heavy atom. The van der Waals surface area contributed by atoms with Crippen LogP contribution >= 0.6 is 0 Å². The second-order valence-corrected chi connectivity index (χ2v) is 7.02. The van der Waals surface area contributed by atoms with Gasteiger partial charge in [0.1, 0.15) is 0 Å².